The highest BCUT2D eigenvalue weighted by Crippen LogP contribution is 2.40. The first-order valence-electron chi connectivity index (χ1n) is 9.92. The maximum atomic E-state index is 12.9. The minimum absolute atomic E-state index is 0.134. The molecular weight excluding hydrogens is 366 g/mol. The number of nitrogens with zero attached hydrogens (tertiary/aromatic N) is 1. The second kappa shape index (κ2) is 8.52. The van der Waals surface area contributed by atoms with Crippen LogP contribution in [0.2, 0.25) is 0 Å². The number of ether oxygens (including phenoxy) is 1. The van der Waals surface area contributed by atoms with Gasteiger partial charge in [-0.05, 0) is 41.7 Å². The van der Waals surface area contributed by atoms with Gasteiger partial charge in [-0.15, -0.1) is 0 Å². The quantitative estimate of drug-likeness (QED) is 0.441. The fourth-order valence-electron chi connectivity index (χ4n) is 3.82. The summed E-state index contributed by atoms with van der Waals surface area (Å²) in [4.78, 5) is 27.2. The molecule has 2 aromatic rings. The van der Waals surface area contributed by atoms with E-state index in [0.717, 1.165) is 23.3 Å². The molecule has 3 rings (SSSR count). The second-order valence-electron chi connectivity index (χ2n) is 7.51. The van der Waals surface area contributed by atoms with Gasteiger partial charge in [-0.25, -0.2) is 0 Å². The van der Waals surface area contributed by atoms with Crippen LogP contribution in [0, 0.1) is 0 Å². The largest absolute Gasteiger partial charge is 0.507 e. The molecule has 0 spiro atoms. The number of methoxy groups -OCH3 is 1. The van der Waals surface area contributed by atoms with E-state index in [1.54, 1.807) is 24.1 Å². The van der Waals surface area contributed by atoms with Gasteiger partial charge in [-0.1, -0.05) is 51.1 Å². The van der Waals surface area contributed by atoms with Crippen molar-refractivity contribution in [2.75, 3.05) is 13.7 Å². The second-order valence-corrected chi connectivity index (χ2v) is 7.51. The Morgan fingerprint density at radius 2 is 1.83 bits per heavy atom. The number of carbonyl (C=O) groups excluding carboxylic acids is 2. The lowest BCUT2D eigenvalue weighted by atomic mass is 9.93. The molecule has 29 heavy (non-hydrogen) atoms. The van der Waals surface area contributed by atoms with E-state index in [4.69, 9.17) is 4.74 Å². The van der Waals surface area contributed by atoms with Crippen LogP contribution >= 0.6 is 0 Å². The van der Waals surface area contributed by atoms with Gasteiger partial charge >= 0.3 is 0 Å². The van der Waals surface area contributed by atoms with E-state index in [9.17, 15) is 14.7 Å². The molecule has 0 aliphatic carbocycles. The van der Waals surface area contributed by atoms with Gasteiger partial charge < -0.3 is 14.7 Å². The molecule has 152 valence electrons. The number of benzene rings is 2. The number of aliphatic hydroxyl groups is 1. The Balaban J connectivity index is 2.19. The molecule has 0 saturated carbocycles. The molecule has 1 amide bonds. The number of amides is 1. The average molecular weight is 393 g/mol. The van der Waals surface area contributed by atoms with Crippen LogP contribution in [0.15, 0.2) is 54.1 Å². The molecule has 1 aliphatic rings. The van der Waals surface area contributed by atoms with Gasteiger partial charge in [0, 0.05) is 12.1 Å². The third-order valence-corrected chi connectivity index (χ3v) is 5.24. The Morgan fingerprint density at radius 3 is 2.41 bits per heavy atom. The lowest BCUT2D eigenvalue weighted by Gasteiger charge is -2.25. The summed E-state index contributed by atoms with van der Waals surface area (Å²) in [6, 6.07) is 14.1. The molecule has 0 aromatic heterocycles. The van der Waals surface area contributed by atoms with Crippen molar-refractivity contribution in [1.82, 2.24) is 4.90 Å². The van der Waals surface area contributed by atoms with Gasteiger partial charge in [0.05, 0.1) is 18.7 Å². The third-order valence-electron chi connectivity index (χ3n) is 5.24. The topological polar surface area (TPSA) is 66.8 Å². The smallest absolute Gasteiger partial charge is 0.295 e. The molecule has 0 bridgehead atoms. The highest BCUT2D eigenvalue weighted by atomic mass is 16.5. The van der Waals surface area contributed by atoms with E-state index < -0.39 is 17.7 Å². The molecule has 1 atom stereocenters. The zero-order chi connectivity index (χ0) is 21.1. The summed E-state index contributed by atoms with van der Waals surface area (Å²) >= 11 is 0. The maximum absolute atomic E-state index is 12.9. The molecule has 1 N–H and O–H groups in total. The van der Waals surface area contributed by atoms with Crippen molar-refractivity contribution in [3.05, 3.63) is 70.8 Å². The number of hydrogen-bond acceptors (Lipinski definition) is 4. The van der Waals surface area contributed by atoms with Crippen molar-refractivity contribution in [3.8, 4) is 5.75 Å². The van der Waals surface area contributed by atoms with Crippen molar-refractivity contribution in [3.63, 3.8) is 0 Å². The highest BCUT2D eigenvalue weighted by molar-refractivity contribution is 6.46. The van der Waals surface area contributed by atoms with Crippen LogP contribution in [-0.4, -0.2) is 35.4 Å². The monoisotopic (exact) mass is 393 g/mol. The summed E-state index contributed by atoms with van der Waals surface area (Å²) in [5, 5.41) is 11.1. The van der Waals surface area contributed by atoms with Crippen LogP contribution < -0.4 is 4.74 Å². The van der Waals surface area contributed by atoms with Crippen molar-refractivity contribution >= 4 is 17.4 Å². The zero-order valence-electron chi connectivity index (χ0n) is 17.3. The van der Waals surface area contributed by atoms with Gasteiger partial charge in [0.15, 0.2) is 0 Å². The Bertz CT molecular complexity index is 947. The fraction of sp³-hybridized carbons (Fsp3) is 0.333. The predicted molar refractivity (Wildman–Crippen MR) is 113 cm³/mol. The predicted octanol–water partition coefficient (Wildman–Crippen LogP) is 4.65. The van der Waals surface area contributed by atoms with E-state index in [1.165, 1.54) is 0 Å². The van der Waals surface area contributed by atoms with Gasteiger partial charge in [-0.3, -0.25) is 9.59 Å². The first-order chi connectivity index (χ1) is 13.9. The van der Waals surface area contributed by atoms with E-state index >= 15 is 0 Å². The molecular formula is C24H27NO4. The van der Waals surface area contributed by atoms with Crippen molar-refractivity contribution < 1.29 is 19.4 Å². The number of Topliss-reactive ketones (excluding diaryl/α,β-unsaturated/α-hetero) is 1. The summed E-state index contributed by atoms with van der Waals surface area (Å²) in [7, 11) is 1.60. The number of hydrogen-bond donors (Lipinski definition) is 1. The summed E-state index contributed by atoms with van der Waals surface area (Å²) < 4.78 is 5.42. The molecule has 2 aromatic carbocycles. The molecule has 5 heteroatoms. The molecule has 1 heterocycles. The van der Waals surface area contributed by atoms with Crippen LogP contribution in [0.4, 0.5) is 0 Å². The van der Waals surface area contributed by atoms with Gasteiger partial charge in [0.2, 0.25) is 0 Å². The first kappa shape index (κ1) is 20.6. The summed E-state index contributed by atoms with van der Waals surface area (Å²) in [5.74, 6) is -0.473. The van der Waals surface area contributed by atoms with Crippen molar-refractivity contribution in [1.29, 1.82) is 0 Å². The number of rotatable bonds is 6. The lowest BCUT2D eigenvalue weighted by Crippen LogP contribution is -2.30. The minimum Gasteiger partial charge on any atom is -0.507 e. The summed E-state index contributed by atoms with van der Waals surface area (Å²) in [6.07, 6.45) is 0.719. The molecule has 1 aliphatic heterocycles. The SMILES string of the molecule is CCCN1C(=O)C(=O)/C(=C(\O)c2ccc(OC)c(C(C)C)c2)C1c1ccccc1. The Hall–Kier alpha value is -3.08. The number of carbonyl (C=O) groups is 2. The zero-order valence-corrected chi connectivity index (χ0v) is 17.3. The number of ketones is 1. The van der Waals surface area contributed by atoms with Crippen LogP contribution in [-0.2, 0) is 9.59 Å². The number of aliphatic hydroxyl groups excluding tert-OH is 1. The summed E-state index contributed by atoms with van der Waals surface area (Å²) in [6.45, 7) is 6.47. The number of likely N-dealkylation sites (tertiary alicyclic amines) is 1. The van der Waals surface area contributed by atoms with Crippen LogP contribution in [0.25, 0.3) is 5.76 Å². The summed E-state index contributed by atoms with van der Waals surface area (Å²) in [5.41, 5.74) is 2.37. The minimum atomic E-state index is -0.647. The standard InChI is InChI=1S/C24H27NO4/c1-5-13-25-21(16-9-7-6-8-10-16)20(23(27)24(25)28)22(26)17-11-12-19(29-4)18(14-17)15(2)3/h6-12,14-15,21,26H,5,13H2,1-4H3/b22-20-. The van der Waals surface area contributed by atoms with E-state index in [-0.39, 0.29) is 17.3 Å². The van der Waals surface area contributed by atoms with E-state index in [2.05, 4.69) is 0 Å². The van der Waals surface area contributed by atoms with E-state index in [0.29, 0.717) is 12.1 Å². The van der Waals surface area contributed by atoms with Crippen LogP contribution in [0.3, 0.4) is 0 Å². The highest BCUT2D eigenvalue weighted by Gasteiger charge is 2.45. The fourth-order valence-corrected chi connectivity index (χ4v) is 3.82. The average Bonchev–Trinajstić information content (AvgIpc) is 2.98. The Kier molecular flexibility index (Phi) is 6.06. The molecule has 1 unspecified atom stereocenters. The third kappa shape index (κ3) is 3.77. The molecule has 5 nitrogen and oxygen atoms in total. The lowest BCUT2D eigenvalue weighted by molar-refractivity contribution is -0.139. The van der Waals surface area contributed by atoms with Crippen molar-refractivity contribution in [2.24, 2.45) is 0 Å². The van der Waals surface area contributed by atoms with Gasteiger partial charge in [0.1, 0.15) is 11.5 Å². The normalized spacial score (nSPS) is 18.5. The van der Waals surface area contributed by atoms with Gasteiger partial charge in [0.25, 0.3) is 11.7 Å². The first-order valence-corrected chi connectivity index (χ1v) is 9.92. The van der Waals surface area contributed by atoms with Crippen molar-refractivity contribution in [2.45, 2.75) is 39.2 Å². The van der Waals surface area contributed by atoms with Crippen LogP contribution in [0.1, 0.15) is 55.8 Å². The molecule has 0 radical (unpaired) electrons. The Labute approximate surface area is 171 Å². The van der Waals surface area contributed by atoms with E-state index in [1.807, 2.05) is 57.2 Å². The maximum Gasteiger partial charge on any atom is 0.295 e. The Morgan fingerprint density at radius 1 is 1.14 bits per heavy atom. The molecule has 1 saturated heterocycles. The van der Waals surface area contributed by atoms with Gasteiger partial charge in [-0.2, -0.15) is 0 Å². The molecule has 1 fully saturated rings. The van der Waals surface area contributed by atoms with Crippen LogP contribution in [0.5, 0.6) is 5.75 Å².